The Morgan fingerprint density at radius 3 is 2.70 bits per heavy atom. The first-order valence-corrected chi connectivity index (χ1v) is 8.34. The largest absolute Gasteiger partial charge is 0.508 e. The molecule has 0 aliphatic rings. The van der Waals surface area contributed by atoms with Gasteiger partial charge in [-0.3, -0.25) is 4.68 Å². The van der Waals surface area contributed by atoms with Gasteiger partial charge in [-0.2, -0.15) is 10.1 Å². The van der Waals surface area contributed by atoms with Crippen LogP contribution >= 0.6 is 0 Å². The molecule has 0 saturated carbocycles. The van der Waals surface area contributed by atoms with Gasteiger partial charge in [0.15, 0.2) is 5.82 Å². The Morgan fingerprint density at radius 2 is 2.04 bits per heavy atom. The minimum Gasteiger partial charge on any atom is -0.508 e. The molecule has 140 valence electrons. The predicted molar refractivity (Wildman–Crippen MR) is 106 cm³/mol. The smallest absolute Gasteiger partial charge is 0.230 e. The molecule has 0 aliphatic heterocycles. The van der Waals surface area contributed by atoms with E-state index in [1.165, 1.54) is 0 Å². The first-order chi connectivity index (χ1) is 12.9. The molecule has 2 heterocycles. The third-order valence-electron chi connectivity index (χ3n) is 4.09. The molecule has 27 heavy (non-hydrogen) atoms. The molecule has 3 aromatic rings. The number of hydrogen-bond acceptors (Lipinski definition) is 7. The fourth-order valence-electron chi connectivity index (χ4n) is 2.59. The zero-order valence-corrected chi connectivity index (χ0v) is 15.6. The van der Waals surface area contributed by atoms with Gasteiger partial charge < -0.3 is 21.5 Å². The molecule has 0 radical (unpaired) electrons. The molecule has 0 fully saturated rings. The SMILES string of the molecule is CNc1nc(Nc2ccn(C)n2)ncc1C(N)=Nc1c(C)ccc(O)c1C. The molecular formula is C18H22N8O. The Labute approximate surface area is 157 Å². The summed E-state index contributed by atoms with van der Waals surface area (Å²) >= 11 is 0. The van der Waals surface area contributed by atoms with E-state index in [1.807, 2.05) is 26.2 Å². The number of amidine groups is 1. The molecule has 0 amide bonds. The predicted octanol–water partition coefficient (Wildman–Crippen LogP) is 2.35. The van der Waals surface area contributed by atoms with Crippen molar-refractivity contribution in [2.24, 2.45) is 17.8 Å². The van der Waals surface area contributed by atoms with Crippen LogP contribution in [0.4, 0.5) is 23.3 Å². The second kappa shape index (κ2) is 7.32. The van der Waals surface area contributed by atoms with Gasteiger partial charge >= 0.3 is 0 Å². The summed E-state index contributed by atoms with van der Waals surface area (Å²) in [6, 6.07) is 5.25. The van der Waals surface area contributed by atoms with E-state index in [4.69, 9.17) is 5.73 Å². The molecule has 3 rings (SSSR count). The standard InChI is InChI=1S/C18H22N8O/c1-10-5-6-13(27)11(2)15(10)23-16(19)12-9-21-18(24-17(12)20-3)22-14-7-8-26(4)25-14/h5-9,27H,1-4H3,(H2,19,23)(H2,20,21,22,24,25). The van der Waals surface area contributed by atoms with Gasteiger partial charge in [0.25, 0.3) is 0 Å². The average Bonchev–Trinajstić information content (AvgIpc) is 3.06. The number of nitrogens with one attached hydrogen (secondary N) is 2. The molecular weight excluding hydrogens is 344 g/mol. The van der Waals surface area contributed by atoms with Crippen molar-refractivity contribution < 1.29 is 5.11 Å². The van der Waals surface area contributed by atoms with Gasteiger partial charge in [-0.25, -0.2) is 9.98 Å². The monoisotopic (exact) mass is 366 g/mol. The highest BCUT2D eigenvalue weighted by atomic mass is 16.3. The lowest BCUT2D eigenvalue weighted by Gasteiger charge is -2.11. The van der Waals surface area contributed by atoms with Crippen LogP contribution in [0.5, 0.6) is 5.75 Å². The van der Waals surface area contributed by atoms with Gasteiger partial charge in [0.05, 0.1) is 11.3 Å². The van der Waals surface area contributed by atoms with E-state index < -0.39 is 0 Å². The van der Waals surface area contributed by atoms with E-state index >= 15 is 0 Å². The third-order valence-corrected chi connectivity index (χ3v) is 4.09. The van der Waals surface area contributed by atoms with E-state index in [-0.39, 0.29) is 11.6 Å². The first-order valence-electron chi connectivity index (χ1n) is 8.34. The van der Waals surface area contributed by atoms with E-state index in [0.29, 0.717) is 34.4 Å². The zero-order valence-electron chi connectivity index (χ0n) is 15.6. The number of benzene rings is 1. The molecule has 0 aliphatic carbocycles. The number of aryl methyl sites for hydroxylation is 2. The Bertz CT molecular complexity index is 1010. The molecule has 0 unspecified atom stereocenters. The van der Waals surface area contributed by atoms with Gasteiger partial charge in [-0.1, -0.05) is 6.07 Å². The van der Waals surface area contributed by atoms with Crippen LogP contribution in [0.2, 0.25) is 0 Å². The van der Waals surface area contributed by atoms with Gasteiger partial charge in [0.2, 0.25) is 5.95 Å². The lowest BCUT2D eigenvalue weighted by atomic mass is 10.1. The number of aromatic hydroxyl groups is 1. The van der Waals surface area contributed by atoms with Crippen molar-refractivity contribution in [3.8, 4) is 5.75 Å². The van der Waals surface area contributed by atoms with Crippen molar-refractivity contribution >= 4 is 29.1 Å². The highest BCUT2D eigenvalue weighted by Crippen LogP contribution is 2.31. The Balaban J connectivity index is 1.95. The maximum Gasteiger partial charge on any atom is 0.230 e. The molecule has 0 saturated heterocycles. The summed E-state index contributed by atoms with van der Waals surface area (Å²) < 4.78 is 1.68. The van der Waals surface area contributed by atoms with Crippen LogP contribution in [0, 0.1) is 13.8 Å². The number of aliphatic imine (C=N–C) groups is 1. The summed E-state index contributed by atoms with van der Waals surface area (Å²) in [7, 11) is 3.57. The Kier molecular flexibility index (Phi) is 4.93. The number of rotatable bonds is 5. The second-order valence-electron chi connectivity index (χ2n) is 6.08. The Hall–Kier alpha value is -3.62. The first kappa shape index (κ1) is 18.2. The van der Waals surface area contributed by atoms with Crippen molar-refractivity contribution in [3.05, 3.63) is 47.3 Å². The molecule has 0 bridgehead atoms. The zero-order chi connectivity index (χ0) is 19.6. The topological polar surface area (TPSA) is 126 Å². The van der Waals surface area contributed by atoms with E-state index in [9.17, 15) is 5.11 Å². The van der Waals surface area contributed by atoms with Crippen LogP contribution in [0.25, 0.3) is 0 Å². The molecule has 9 nitrogen and oxygen atoms in total. The second-order valence-corrected chi connectivity index (χ2v) is 6.08. The summed E-state index contributed by atoms with van der Waals surface area (Å²) in [6.45, 7) is 3.71. The van der Waals surface area contributed by atoms with Crippen molar-refractivity contribution in [2.75, 3.05) is 17.7 Å². The minimum atomic E-state index is 0.173. The average molecular weight is 366 g/mol. The van der Waals surface area contributed by atoms with Gasteiger partial charge in [-0.15, -0.1) is 0 Å². The van der Waals surface area contributed by atoms with Crippen LogP contribution < -0.4 is 16.4 Å². The van der Waals surface area contributed by atoms with Gasteiger partial charge in [0.1, 0.15) is 17.4 Å². The van der Waals surface area contributed by atoms with E-state index in [0.717, 1.165) is 5.56 Å². The number of phenolic OH excluding ortho intramolecular Hbond substituents is 1. The van der Waals surface area contributed by atoms with Crippen LogP contribution in [-0.4, -0.2) is 37.7 Å². The number of anilines is 3. The molecule has 2 aromatic heterocycles. The molecule has 0 atom stereocenters. The molecule has 1 aromatic carbocycles. The van der Waals surface area contributed by atoms with E-state index in [2.05, 4.69) is 30.7 Å². The lowest BCUT2D eigenvalue weighted by Crippen LogP contribution is -2.17. The fourth-order valence-corrected chi connectivity index (χ4v) is 2.59. The third kappa shape index (κ3) is 3.81. The van der Waals surface area contributed by atoms with Crippen molar-refractivity contribution in [3.63, 3.8) is 0 Å². The van der Waals surface area contributed by atoms with Gasteiger partial charge in [-0.05, 0) is 25.5 Å². The molecule has 0 spiro atoms. The van der Waals surface area contributed by atoms with Crippen LogP contribution in [0.3, 0.4) is 0 Å². The number of nitrogens with zero attached hydrogens (tertiary/aromatic N) is 5. The highest BCUT2D eigenvalue weighted by Gasteiger charge is 2.13. The lowest BCUT2D eigenvalue weighted by molar-refractivity contribution is 0.471. The number of hydrogen-bond donors (Lipinski definition) is 4. The molecule has 5 N–H and O–H groups in total. The minimum absolute atomic E-state index is 0.173. The summed E-state index contributed by atoms with van der Waals surface area (Å²) in [5, 5.41) is 20.2. The van der Waals surface area contributed by atoms with Gasteiger partial charge in [0, 0.05) is 38.1 Å². The normalized spacial score (nSPS) is 11.5. The summed E-state index contributed by atoms with van der Waals surface area (Å²) in [5.41, 5.74) is 8.98. The highest BCUT2D eigenvalue weighted by molar-refractivity contribution is 6.03. The van der Waals surface area contributed by atoms with Crippen molar-refractivity contribution in [1.82, 2.24) is 19.7 Å². The van der Waals surface area contributed by atoms with Crippen LogP contribution in [0.1, 0.15) is 16.7 Å². The maximum atomic E-state index is 9.92. The maximum absolute atomic E-state index is 9.92. The van der Waals surface area contributed by atoms with Crippen LogP contribution in [0.15, 0.2) is 35.6 Å². The van der Waals surface area contributed by atoms with Crippen LogP contribution in [-0.2, 0) is 7.05 Å². The fraction of sp³-hybridized carbons (Fsp3) is 0.222. The Morgan fingerprint density at radius 1 is 1.26 bits per heavy atom. The van der Waals surface area contributed by atoms with E-state index in [1.54, 1.807) is 37.0 Å². The van der Waals surface area contributed by atoms with Crippen molar-refractivity contribution in [2.45, 2.75) is 13.8 Å². The summed E-state index contributed by atoms with van der Waals surface area (Å²) in [5.74, 6) is 1.98. The quantitative estimate of drug-likeness (QED) is 0.403. The summed E-state index contributed by atoms with van der Waals surface area (Å²) in [4.78, 5) is 13.2. The van der Waals surface area contributed by atoms with Crippen molar-refractivity contribution in [1.29, 1.82) is 0 Å². The number of nitrogens with two attached hydrogens (primary N) is 1. The molecule has 9 heteroatoms. The summed E-state index contributed by atoms with van der Waals surface area (Å²) in [6.07, 6.45) is 3.41. The number of phenols is 1. The number of aromatic nitrogens is 4.